The molecule has 0 fully saturated rings. The highest BCUT2D eigenvalue weighted by molar-refractivity contribution is 5.89. The fourth-order valence-electron chi connectivity index (χ4n) is 2.46. The molecule has 2 aromatic carbocycles. The Hall–Kier alpha value is -2.63. The predicted octanol–water partition coefficient (Wildman–Crippen LogP) is 4.09. The smallest absolute Gasteiger partial charge is 0.319 e. The molecule has 0 aromatic heterocycles. The van der Waals surface area contributed by atoms with Crippen molar-refractivity contribution < 1.29 is 18.3 Å². The lowest BCUT2D eigenvalue weighted by atomic mass is 10.1. The van der Waals surface area contributed by atoms with Crippen molar-refractivity contribution in [3.8, 4) is 5.75 Å². The molecule has 0 radical (unpaired) electrons. The molecule has 0 saturated heterocycles. The molecule has 0 saturated carbocycles. The van der Waals surface area contributed by atoms with E-state index in [2.05, 4.69) is 10.6 Å². The molecule has 6 heteroatoms. The van der Waals surface area contributed by atoms with Gasteiger partial charge in [-0.15, -0.1) is 0 Å². The van der Waals surface area contributed by atoms with Gasteiger partial charge in [-0.3, -0.25) is 0 Å². The number of urea groups is 1. The zero-order valence-corrected chi connectivity index (χ0v) is 13.9. The molecule has 0 heterocycles. The first kappa shape index (κ1) is 17.7. The average molecular weight is 334 g/mol. The Balaban J connectivity index is 1.80. The van der Waals surface area contributed by atoms with Crippen LogP contribution >= 0.6 is 0 Å². The van der Waals surface area contributed by atoms with Gasteiger partial charge in [0.1, 0.15) is 12.4 Å². The van der Waals surface area contributed by atoms with Crippen LogP contribution in [0.1, 0.15) is 16.7 Å². The number of benzene rings is 2. The van der Waals surface area contributed by atoms with Crippen LogP contribution in [0.5, 0.6) is 5.75 Å². The molecule has 0 spiro atoms. The van der Waals surface area contributed by atoms with Crippen LogP contribution in [0.2, 0.25) is 0 Å². The van der Waals surface area contributed by atoms with Crippen LogP contribution in [0.15, 0.2) is 30.3 Å². The molecule has 24 heavy (non-hydrogen) atoms. The maximum absolute atomic E-state index is 13.1. The number of carbonyl (C=O) groups is 1. The highest BCUT2D eigenvalue weighted by Gasteiger charge is 2.07. The molecule has 0 unspecified atom stereocenters. The second-order valence-electron chi connectivity index (χ2n) is 5.59. The lowest BCUT2D eigenvalue weighted by Crippen LogP contribution is -2.32. The fourth-order valence-corrected chi connectivity index (χ4v) is 2.46. The maximum Gasteiger partial charge on any atom is 0.319 e. The summed E-state index contributed by atoms with van der Waals surface area (Å²) in [5, 5.41) is 5.02. The quantitative estimate of drug-likeness (QED) is 0.809. The summed E-state index contributed by atoms with van der Waals surface area (Å²) in [7, 11) is 0. The summed E-state index contributed by atoms with van der Waals surface area (Å²) >= 11 is 0. The molecule has 2 aromatic rings. The number of hydrogen-bond donors (Lipinski definition) is 2. The molecule has 0 aliphatic rings. The molecule has 0 aliphatic carbocycles. The predicted molar refractivity (Wildman–Crippen MR) is 89.5 cm³/mol. The van der Waals surface area contributed by atoms with Gasteiger partial charge in [-0.05, 0) is 44.0 Å². The number of carbonyl (C=O) groups excluding carboxylic acids is 1. The normalized spacial score (nSPS) is 10.4. The van der Waals surface area contributed by atoms with E-state index in [1.54, 1.807) is 0 Å². The topological polar surface area (TPSA) is 50.4 Å². The zero-order valence-electron chi connectivity index (χ0n) is 13.9. The van der Waals surface area contributed by atoms with E-state index in [1.165, 1.54) is 11.6 Å². The Labute approximate surface area is 139 Å². The number of aryl methyl sites for hydroxylation is 3. The van der Waals surface area contributed by atoms with Crippen molar-refractivity contribution in [1.29, 1.82) is 0 Å². The van der Waals surface area contributed by atoms with Crippen molar-refractivity contribution in [3.05, 3.63) is 58.7 Å². The molecular weight excluding hydrogens is 314 g/mol. The fraction of sp³-hybridized carbons (Fsp3) is 0.278. The Morgan fingerprint density at radius 1 is 1.04 bits per heavy atom. The van der Waals surface area contributed by atoms with Gasteiger partial charge in [-0.2, -0.15) is 0 Å². The van der Waals surface area contributed by atoms with Gasteiger partial charge in [0.2, 0.25) is 0 Å². The van der Waals surface area contributed by atoms with E-state index in [4.69, 9.17) is 4.74 Å². The number of anilines is 1. The first-order valence-electron chi connectivity index (χ1n) is 7.57. The second kappa shape index (κ2) is 7.77. The van der Waals surface area contributed by atoms with Gasteiger partial charge < -0.3 is 15.4 Å². The molecule has 2 amide bonds. The largest absolute Gasteiger partial charge is 0.491 e. The lowest BCUT2D eigenvalue weighted by Gasteiger charge is -2.13. The van der Waals surface area contributed by atoms with Crippen molar-refractivity contribution in [1.82, 2.24) is 5.32 Å². The monoisotopic (exact) mass is 334 g/mol. The summed E-state index contributed by atoms with van der Waals surface area (Å²) in [6.45, 7) is 6.54. The van der Waals surface area contributed by atoms with Crippen LogP contribution in [0.3, 0.4) is 0 Å². The van der Waals surface area contributed by atoms with E-state index >= 15 is 0 Å². The standard InChI is InChI=1S/C18H20F2N2O2/c1-11-8-12(2)17(13(3)9-11)24-7-6-21-18(23)22-14-4-5-15(19)16(20)10-14/h4-5,8-10H,6-7H2,1-3H3,(H2,21,22,23). The van der Waals surface area contributed by atoms with Gasteiger partial charge in [0, 0.05) is 11.8 Å². The second-order valence-corrected chi connectivity index (χ2v) is 5.59. The minimum absolute atomic E-state index is 0.178. The zero-order chi connectivity index (χ0) is 17.7. The summed E-state index contributed by atoms with van der Waals surface area (Å²) in [4.78, 5) is 11.7. The first-order valence-corrected chi connectivity index (χ1v) is 7.57. The maximum atomic E-state index is 13.1. The number of nitrogens with one attached hydrogen (secondary N) is 2. The van der Waals surface area contributed by atoms with Crippen molar-refractivity contribution in [2.45, 2.75) is 20.8 Å². The Bertz CT molecular complexity index is 725. The first-order chi connectivity index (χ1) is 11.4. The number of amides is 2. The molecule has 2 rings (SSSR count). The Morgan fingerprint density at radius 2 is 1.71 bits per heavy atom. The number of ether oxygens (including phenoxy) is 1. The summed E-state index contributed by atoms with van der Waals surface area (Å²) in [5.74, 6) is -1.16. The summed E-state index contributed by atoms with van der Waals surface area (Å²) < 4.78 is 31.6. The Kier molecular flexibility index (Phi) is 5.73. The molecule has 2 N–H and O–H groups in total. The third kappa shape index (κ3) is 4.68. The van der Waals surface area contributed by atoms with E-state index in [1.807, 2.05) is 32.9 Å². The van der Waals surface area contributed by atoms with Crippen LogP contribution in [0.25, 0.3) is 0 Å². The van der Waals surface area contributed by atoms with Gasteiger partial charge in [0.05, 0.1) is 6.54 Å². The molecule has 0 atom stereocenters. The van der Waals surface area contributed by atoms with E-state index in [0.717, 1.165) is 29.0 Å². The van der Waals surface area contributed by atoms with Crippen molar-refractivity contribution >= 4 is 11.7 Å². The molecule has 0 aliphatic heterocycles. The third-order valence-corrected chi connectivity index (χ3v) is 3.42. The highest BCUT2D eigenvalue weighted by atomic mass is 19.2. The van der Waals surface area contributed by atoms with Gasteiger partial charge in [-0.1, -0.05) is 17.7 Å². The van der Waals surface area contributed by atoms with Crippen LogP contribution in [0.4, 0.5) is 19.3 Å². The van der Waals surface area contributed by atoms with Gasteiger partial charge >= 0.3 is 6.03 Å². The third-order valence-electron chi connectivity index (χ3n) is 3.42. The summed E-state index contributed by atoms with van der Waals surface area (Å²) in [6, 6.07) is 6.72. The SMILES string of the molecule is Cc1cc(C)c(OCCNC(=O)Nc2ccc(F)c(F)c2)c(C)c1. The summed E-state index contributed by atoms with van der Waals surface area (Å²) in [6.07, 6.45) is 0. The number of halogens is 2. The van der Waals surface area contributed by atoms with Crippen LogP contribution in [-0.2, 0) is 0 Å². The van der Waals surface area contributed by atoms with Crippen molar-refractivity contribution in [2.75, 3.05) is 18.5 Å². The van der Waals surface area contributed by atoms with E-state index < -0.39 is 17.7 Å². The van der Waals surface area contributed by atoms with Crippen molar-refractivity contribution in [2.24, 2.45) is 0 Å². The van der Waals surface area contributed by atoms with Crippen LogP contribution in [-0.4, -0.2) is 19.2 Å². The molecule has 128 valence electrons. The van der Waals surface area contributed by atoms with Gasteiger partial charge in [0.15, 0.2) is 11.6 Å². The van der Waals surface area contributed by atoms with E-state index in [-0.39, 0.29) is 12.2 Å². The van der Waals surface area contributed by atoms with Crippen LogP contribution < -0.4 is 15.4 Å². The number of hydrogen-bond acceptors (Lipinski definition) is 2. The van der Waals surface area contributed by atoms with Gasteiger partial charge in [-0.25, -0.2) is 13.6 Å². The Morgan fingerprint density at radius 3 is 2.33 bits per heavy atom. The van der Waals surface area contributed by atoms with Gasteiger partial charge in [0.25, 0.3) is 0 Å². The average Bonchev–Trinajstić information content (AvgIpc) is 2.49. The summed E-state index contributed by atoms with van der Waals surface area (Å²) in [5.41, 5.74) is 3.43. The minimum Gasteiger partial charge on any atom is -0.491 e. The highest BCUT2D eigenvalue weighted by Crippen LogP contribution is 2.24. The van der Waals surface area contributed by atoms with E-state index in [9.17, 15) is 13.6 Å². The molecular formula is C18H20F2N2O2. The van der Waals surface area contributed by atoms with E-state index in [0.29, 0.717) is 6.61 Å². The number of rotatable bonds is 5. The molecule has 0 bridgehead atoms. The minimum atomic E-state index is -1.01. The van der Waals surface area contributed by atoms with Crippen LogP contribution in [0, 0.1) is 32.4 Å². The molecule has 4 nitrogen and oxygen atoms in total. The lowest BCUT2D eigenvalue weighted by molar-refractivity contribution is 0.247. The van der Waals surface area contributed by atoms with Crippen molar-refractivity contribution in [3.63, 3.8) is 0 Å².